The van der Waals surface area contributed by atoms with Crippen molar-refractivity contribution in [2.45, 2.75) is 116 Å². The molecule has 0 unspecified atom stereocenters. The quantitative estimate of drug-likeness (QED) is 0.115. The van der Waals surface area contributed by atoms with Crippen LogP contribution in [0, 0.1) is 23.7 Å². The fraction of sp³-hybridized carbons (Fsp3) is 0.667. The largest absolute Gasteiger partial charge is 0.463 e. The Hall–Kier alpha value is -1.76. The first-order chi connectivity index (χ1) is 18.3. The maximum atomic E-state index is 15.2. The molecule has 1 fully saturated rings. The highest BCUT2D eigenvalue weighted by atomic mass is 28.4. The number of fused-ring (bicyclic) bond motifs is 1. The summed E-state index contributed by atoms with van der Waals surface area (Å²) in [6, 6.07) is 8.63. The minimum Gasteiger partial charge on any atom is -0.463 e. The van der Waals surface area contributed by atoms with E-state index in [-0.39, 0.29) is 41.3 Å². The van der Waals surface area contributed by atoms with Crippen molar-refractivity contribution < 1.29 is 23.8 Å². The monoisotopic (exact) mass is 558 g/mol. The van der Waals surface area contributed by atoms with Crippen LogP contribution < -0.4 is 0 Å². The molecular formula is C33H51FO4Si. The summed E-state index contributed by atoms with van der Waals surface area (Å²) in [6.07, 6.45) is 12.1. The van der Waals surface area contributed by atoms with Gasteiger partial charge in [-0.1, -0.05) is 62.4 Å². The number of allylic oxidation sites excluding steroid dienone is 4. The van der Waals surface area contributed by atoms with Gasteiger partial charge in [0, 0.05) is 18.8 Å². The average molecular weight is 559 g/mol. The molecule has 5 atom stereocenters. The molecule has 1 saturated carbocycles. The summed E-state index contributed by atoms with van der Waals surface area (Å²) in [5.41, 5.74) is 2.80. The van der Waals surface area contributed by atoms with E-state index in [4.69, 9.17) is 4.74 Å². The molecule has 0 aliphatic heterocycles. The van der Waals surface area contributed by atoms with Crippen molar-refractivity contribution in [3.8, 4) is 0 Å². The number of benzene rings is 1. The van der Waals surface area contributed by atoms with Crippen molar-refractivity contribution in [1.29, 1.82) is 0 Å². The third-order valence-corrected chi connectivity index (χ3v) is 12.8. The number of unbranched alkanes of at least 4 members (excludes halogenated alkanes) is 1. The van der Waals surface area contributed by atoms with Crippen LogP contribution in [0.5, 0.6) is 0 Å². The van der Waals surface area contributed by atoms with E-state index in [1.165, 1.54) is 11.1 Å². The van der Waals surface area contributed by atoms with Gasteiger partial charge in [-0.25, -0.2) is 4.39 Å². The highest BCUT2D eigenvalue weighted by molar-refractivity contribution is 6.72. The predicted octanol–water partition coefficient (Wildman–Crippen LogP) is 7.34. The second-order valence-electron chi connectivity index (χ2n) is 13.3. The molecule has 0 heterocycles. The number of halogens is 1. The van der Waals surface area contributed by atoms with Crippen molar-refractivity contribution in [2.75, 3.05) is 0 Å². The van der Waals surface area contributed by atoms with E-state index in [0.717, 1.165) is 32.1 Å². The lowest BCUT2D eigenvalue weighted by molar-refractivity contribution is -0.147. The van der Waals surface area contributed by atoms with Crippen LogP contribution in [-0.4, -0.2) is 42.6 Å². The molecule has 0 saturated heterocycles. The Labute approximate surface area is 236 Å². The Balaban J connectivity index is 1.67. The standard InChI is InChI=1S/C33H51FO4Si/c1-23(2)38-32(36)16-10-8-7-9-15-29-28(30(34)21-31(29)35)18-17-26(22-33(3,4)39(5,6)37)27-19-24-13-11-12-14-25(24)20-27/h7,9,11-14,17-18,23,26-31,35,37H,8,10,15-16,19-22H2,1-6H3/b9-7-,18-17+/t26-,28+,29+,30-,31-/m0/s1. The van der Waals surface area contributed by atoms with Crippen LogP contribution in [0.3, 0.4) is 0 Å². The first-order valence-corrected chi connectivity index (χ1v) is 17.9. The lowest BCUT2D eigenvalue weighted by Crippen LogP contribution is -2.40. The molecule has 1 aromatic rings. The van der Waals surface area contributed by atoms with E-state index < -0.39 is 20.6 Å². The summed E-state index contributed by atoms with van der Waals surface area (Å²) in [7, 11) is -2.41. The highest BCUT2D eigenvalue weighted by Crippen LogP contribution is 2.47. The average Bonchev–Trinajstić information content (AvgIpc) is 3.37. The molecule has 4 nitrogen and oxygen atoms in total. The van der Waals surface area contributed by atoms with Gasteiger partial charge >= 0.3 is 5.97 Å². The number of carbonyl (C=O) groups excluding carboxylic acids is 1. The van der Waals surface area contributed by atoms with Gasteiger partial charge < -0.3 is 14.6 Å². The van der Waals surface area contributed by atoms with Gasteiger partial charge in [0.15, 0.2) is 8.32 Å². The van der Waals surface area contributed by atoms with Crippen LogP contribution in [0.2, 0.25) is 18.1 Å². The molecule has 0 aromatic heterocycles. The normalized spacial score (nSPS) is 25.2. The number of alkyl halides is 1. The zero-order valence-electron chi connectivity index (χ0n) is 24.9. The lowest BCUT2D eigenvalue weighted by Gasteiger charge is -2.39. The van der Waals surface area contributed by atoms with E-state index >= 15 is 4.39 Å². The first kappa shape index (κ1) is 31.8. The maximum Gasteiger partial charge on any atom is 0.306 e. The molecule has 1 aromatic carbocycles. The fourth-order valence-electron chi connectivity index (χ4n) is 6.12. The Morgan fingerprint density at radius 1 is 1.18 bits per heavy atom. The Morgan fingerprint density at radius 3 is 2.41 bits per heavy atom. The van der Waals surface area contributed by atoms with Crippen LogP contribution in [0.4, 0.5) is 4.39 Å². The van der Waals surface area contributed by atoms with Gasteiger partial charge in [-0.15, -0.1) is 0 Å². The Bertz CT molecular complexity index is 971. The molecule has 0 radical (unpaired) electrons. The zero-order chi connectivity index (χ0) is 28.8. The van der Waals surface area contributed by atoms with Gasteiger partial charge in [0.25, 0.3) is 0 Å². The van der Waals surface area contributed by atoms with E-state index in [9.17, 15) is 14.7 Å². The SMILES string of the molecule is CC(C)OC(=O)CCC/C=C\C[C@@H]1[C@@H](/C=C/[C@@H](CC(C)(C)[Si](C)(C)O)C2Cc3ccccc3C2)[C@@H](F)C[C@@H]1O. The lowest BCUT2D eigenvalue weighted by atomic mass is 9.81. The number of carbonyl (C=O) groups is 1. The van der Waals surface area contributed by atoms with Crippen LogP contribution in [-0.2, 0) is 22.4 Å². The molecule has 0 bridgehead atoms. The summed E-state index contributed by atoms with van der Waals surface area (Å²) >= 11 is 0. The molecular weight excluding hydrogens is 507 g/mol. The molecule has 39 heavy (non-hydrogen) atoms. The molecule has 2 N–H and O–H groups in total. The summed E-state index contributed by atoms with van der Waals surface area (Å²) < 4.78 is 20.3. The molecule has 6 heteroatoms. The summed E-state index contributed by atoms with van der Waals surface area (Å²) in [5.74, 6) is 0.0128. The van der Waals surface area contributed by atoms with Gasteiger partial charge in [-0.3, -0.25) is 4.79 Å². The van der Waals surface area contributed by atoms with E-state index in [1.54, 1.807) is 0 Å². The summed E-state index contributed by atoms with van der Waals surface area (Å²) in [4.78, 5) is 22.7. The van der Waals surface area contributed by atoms with Crippen LogP contribution in [0.15, 0.2) is 48.6 Å². The summed E-state index contributed by atoms with van der Waals surface area (Å²) in [6.45, 7) is 12.1. The van der Waals surface area contributed by atoms with Crippen molar-refractivity contribution in [3.05, 3.63) is 59.7 Å². The second kappa shape index (κ2) is 13.7. The minimum atomic E-state index is -2.41. The van der Waals surface area contributed by atoms with Gasteiger partial charge in [0.05, 0.1) is 12.2 Å². The second-order valence-corrected chi connectivity index (χ2v) is 17.8. The van der Waals surface area contributed by atoms with Crippen LogP contribution in [0.1, 0.15) is 77.3 Å². The van der Waals surface area contributed by atoms with Crippen molar-refractivity contribution >= 4 is 14.3 Å². The minimum absolute atomic E-state index is 0.0950. The number of ether oxygens (including phenoxy) is 1. The number of hydrogen-bond donors (Lipinski definition) is 2. The molecule has 0 amide bonds. The van der Waals surface area contributed by atoms with E-state index in [0.29, 0.717) is 18.8 Å². The number of hydrogen-bond acceptors (Lipinski definition) is 4. The van der Waals surface area contributed by atoms with Gasteiger partial charge in [-0.05, 0) is 99.4 Å². The topological polar surface area (TPSA) is 66.8 Å². The Morgan fingerprint density at radius 2 is 1.82 bits per heavy atom. The fourth-order valence-corrected chi connectivity index (χ4v) is 6.85. The van der Waals surface area contributed by atoms with Crippen LogP contribution in [0.25, 0.3) is 0 Å². The summed E-state index contributed by atoms with van der Waals surface area (Å²) in [5, 5.41) is 10.5. The van der Waals surface area contributed by atoms with Gasteiger partial charge in [0.1, 0.15) is 6.17 Å². The number of esters is 1. The maximum absolute atomic E-state index is 15.2. The third kappa shape index (κ3) is 8.86. The Kier molecular flexibility index (Phi) is 11.2. The number of rotatable bonds is 13. The number of aliphatic hydroxyl groups is 1. The van der Waals surface area contributed by atoms with Crippen molar-refractivity contribution in [3.63, 3.8) is 0 Å². The molecule has 218 valence electrons. The predicted molar refractivity (Wildman–Crippen MR) is 160 cm³/mol. The van der Waals surface area contributed by atoms with Crippen molar-refractivity contribution in [1.82, 2.24) is 0 Å². The van der Waals surface area contributed by atoms with Gasteiger partial charge in [-0.2, -0.15) is 0 Å². The molecule has 3 rings (SSSR count). The van der Waals surface area contributed by atoms with Crippen LogP contribution >= 0.6 is 0 Å². The molecule has 2 aliphatic carbocycles. The third-order valence-electron chi connectivity index (χ3n) is 9.24. The number of aliphatic hydroxyl groups excluding tert-OH is 1. The smallest absolute Gasteiger partial charge is 0.306 e. The van der Waals surface area contributed by atoms with Gasteiger partial charge in [0.2, 0.25) is 0 Å². The van der Waals surface area contributed by atoms with Crippen molar-refractivity contribution in [2.24, 2.45) is 23.7 Å². The van der Waals surface area contributed by atoms with E-state index in [1.807, 2.05) is 39.1 Å². The zero-order valence-corrected chi connectivity index (χ0v) is 25.9. The highest BCUT2D eigenvalue weighted by Gasteiger charge is 2.43. The first-order valence-electron chi connectivity index (χ1n) is 14.9. The molecule has 0 spiro atoms. The molecule has 2 aliphatic rings. The van der Waals surface area contributed by atoms with E-state index in [2.05, 4.69) is 50.3 Å².